The van der Waals surface area contributed by atoms with Crippen LogP contribution in [-0.4, -0.2) is 38.2 Å². The minimum Gasteiger partial charge on any atom is -0.487 e. The Balaban J connectivity index is 2.10. The summed E-state index contributed by atoms with van der Waals surface area (Å²) in [6.45, 7) is 5.33. The molecule has 1 aliphatic rings. The Bertz CT molecular complexity index is 487. The van der Waals surface area contributed by atoms with E-state index in [1.807, 2.05) is 14.0 Å². The summed E-state index contributed by atoms with van der Waals surface area (Å²) >= 11 is 0. The molecule has 1 fully saturated rings. The van der Waals surface area contributed by atoms with E-state index in [1.54, 1.807) is 12.1 Å². The largest absolute Gasteiger partial charge is 0.487 e. The van der Waals surface area contributed by atoms with E-state index >= 15 is 0 Å². The second-order valence-electron chi connectivity index (χ2n) is 5.44. The number of nitro benzene ring substituents is 1. The quantitative estimate of drug-likeness (QED) is 0.644. The van der Waals surface area contributed by atoms with E-state index in [0.29, 0.717) is 18.3 Å². The highest BCUT2D eigenvalue weighted by Crippen LogP contribution is 2.31. The summed E-state index contributed by atoms with van der Waals surface area (Å²) in [4.78, 5) is 12.7. The first-order valence-electron chi connectivity index (χ1n) is 7.45. The summed E-state index contributed by atoms with van der Waals surface area (Å²) in [5.41, 5.74) is 0.975. The van der Waals surface area contributed by atoms with Crippen molar-refractivity contribution in [3.8, 4) is 5.75 Å². The van der Waals surface area contributed by atoms with E-state index in [0.717, 1.165) is 25.3 Å². The van der Waals surface area contributed by atoms with Crippen LogP contribution in [0.15, 0.2) is 18.2 Å². The number of anilines is 1. The third kappa shape index (κ3) is 4.07. The van der Waals surface area contributed by atoms with E-state index in [4.69, 9.17) is 4.74 Å². The highest BCUT2D eigenvalue weighted by atomic mass is 16.6. The van der Waals surface area contributed by atoms with Crippen molar-refractivity contribution in [2.75, 3.05) is 38.2 Å². The van der Waals surface area contributed by atoms with Gasteiger partial charge in [-0.3, -0.25) is 10.1 Å². The summed E-state index contributed by atoms with van der Waals surface area (Å²) in [6.07, 6.45) is 2.44. The molecule has 0 bridgehead atoms. The minimum atomic E-state index is -0.403. The van der Waals surface area contributed by atoms with Crippen molar-refractivity contribution in [2.24, 2.45) is 5.92 Å². The Kier molecular flexibility index (Phi) is 5.38. The predicted octanol–water partition coefficient (Wildman–Crippen LogP) is 2.43. The molecule has 1 N–H and O–H groups in total. The van der Waals surface area contributed by atoms with Crippen LogP contribution in [0.25, 0.3) is 0 Å². The third-order valence-corrected chi connectivity index (χ3v) is 3.81. The maximum atomic E-state index is 11.0. The standard InChI is InChI=1S/C15H23N3O3/c1-3-21-15-9-13(6-7-14(15)18(19)20)17(2)11-12-5-4-8-16-10-12/h6-7,9,12,16H,3-5,8,10-11H2,1-2H3. The van der Waals surface area contributed by atoms with Crippen LogP contribution in [0.3, 0.4) is 0 Å². The maximum absolute atomic E-state index is 11.0. The number of rotatable bonds is 6. The second-order valence-corrected chi connectivity index (χ2v) is 5.44. The number of hydrogen-bond acceptors (Lipinski definition) is 5. The molecule has 6 heteroatoms. The lowest BCUT2D eigenvalue weighted by atomic mass is 9.99. The number of benzene rings is 1. The fraction of sp³-hybridized carbons (Fsp3) is 0.600. The molecule has 1 aromatic rings. The van der Waals surface area contributed by atoms with Crippen LogP contribution in [0.4, 0.5) is 11.4 Å². The molecule has 0 amide bonds. The van der Waals surface area contributed by atoms with Crippen molar-refractivity contribution in [1.29, 1.82) is 0 Å². The van der Waals surface area contributed by atoms with Gasteiger partial charge < -0.3 is 15.0 Å². The molecule has 21 heavy (non-hydrogen) atoms. The molecule has 1 unspecified atom stereocenters. The summed E-state index contributed by atoms with van der Waals surface area (Å²) < 4.78 is 5.40. The summed E-state index contributed by atoms with van der Waals surface area (Å²) in [5, 5.41) is 14.4. The molecule has 0 spiro atoms. The van der Waals surface area contributed by atoms with Crippen LogP contribution >= 0.6 is 0 Å². The zero-order chi connectivity index (χ0) is 15.2. The van der Waals surface area contributed by atoms with Crippen molar-refractivity contribution in [2.45, 2.75) is 19.8 Å². The molecule has 1 aliphatic heterocycles. The molecule has 0 radical (unpaired) electrons. The van der Waals surface area contributed by atoms with E-state index in [2.05, 4.69) is 10.2 Å². The highest BCUT2D eigenvalue weighted by molar-refractivity contribution is 5.59. The molecular formula is C15H23N3O3. The first kappa shape index (κ1) is 15.6. The van der Waals surface area contributed by atoms with Crippen molar-refractivity contribution in [3.05, 3.63) is 28.3 Å². The number of hydrogen-bond donors (Lipinski definition) is 1. The number of nitro groups is 1. The molecule has 0 aliphatic carbocycles. The first-order valence-corrected chi connectivity index (χ1v) is 7.45. The maximum Gasteiger partial charge on any atom is 0.311 e. The van der Waals surface area contributed by atoms with Gasteiger partial charge in [-0.25, -0.2) is 0 Å². The normalized spacial score (nSPS) is 18.3. The average Bonchev–Trinajstić information content (AvgIpc) is 2.48. The Hall–Kier alpha value is -1.82. The number of nitrogens with zero attached hydrogens (tertiary/aromatic N) is 2. The molecule has 1 atom stereocenters. The van der Waals surface area contributed by atoms with Gasteiger partial charge in [0, 0.05) is 31.4 Å². The van der Waals surface area contributed by atoms with Gasteiger partial charge in [0.15, 0.2) is 5.75 Å². The molecule has 0 saturated carbocycles. The average molecular weight is 293 g/mol. The molecule has 116 valence electrons. The monoisotopic (exact) mass is 293 g/mol. The zero-order valence-electron chi connectivity index (χ0n) is 12.7. The second kappa shape index (κ2) is 7.26. The molecule has 6 nitrogen and oxygen atoms in total. The number of piperidine rings is 1. The first-order chi connectivity index (χ1) is 10.1. The van der Waals surface area contributed by atoms with Gasteiger partial charge in [-0.15, -0.1) is 0 Å². The minimum absolute atomic E-state index is 0.0216. The van der Waals surface area contributed by atoms with E-state index < -0.39 is 4.92 Å². The number of ether oxygens (including phenoxy) is 1. The Labute approximate surface area is 125 Å². The third-order valence-electron chi connectivity index (χ3n) is 3.81. The molecule has 1 heterocycles. The lowest BCUT2D eigenvalue weighted by Crippen LogP contribution is -2.36. The molecule has 0 aromatic heterocycles. The van der Waals surface area contributed by atoms with Gasteiger partial charge in [0.1, 0.15) is 0 Å². The van der Waals surface area contributed by atoms with Gasteiger partial charge in [0.2, 0.25) is 0 Å². The summed E-state index contributed by atoms with van der Waals surface area (Å²) in [5.74, 6) is 0.961. The van der Waals surface area contributed by atoms with Crippen molar-refractivity contribution in [1.82, 2.24) is 5.32 Å². The van der Waals surface area contributed by atoms with Crippen LogP contribution in [0.2, 0.25) is 0 Å². The van der Waals surface area contributed by atoms with Gasteiger partial charge in [-0.1, -0.05) is 0 Å². The fourth-order valence-corrected chi connectivity index (χ4v) is 2.73. The SMILES string of the molecule is CCOc1cc(N(C)CC2CCCNC2)ccc1[N+](=O)[O-]. The van der Waals surface area contributed by atoms with Gasteiger partial charge in [0.25, 0.3) is 0 Å². The van der Waals surface area contributed by atoms with Crippen LogP contribution < -0.4 is 15.0 Å². The van der Waals surface area contributed by atoms with Crippen molar-refractivity contribution >= 4 is 11.4 Å². The lowest BCUT2D eigenvalue weighted by molar-refractivity contribution is -0.385. The van der Waals surface area contributed by atoms with Crippen molar-refractivity contribution in [3.63, 3.8) is 0 Å². The molecular weight excluding hydrogens is 270 g/mol. The van der Waals surface area contributed by atoms with Gasteiger partial charge in [-0.2, -0.15) is 0 Å². The topological polar surface area (TPSA) is 67.6 Å². The Morgan fingerprint density at radius 2 is 2.33 bits per heavy atom. The molecule has 2 rings (SSSR count). The molecule has 1 aromatic carbocycles. The van der Waals surface area contributed by atoms with Crippen LogP contribution in [0, 0.1) is 16.0 Å². The zero-order valence-corrected chi connectivity index (χ0v) is 12.7. The van der Waals surface area contributed by atoms with Crippen LogP contribution in [-0.2, 0) is 0 Å². The Morgan fingerprint density at radius 3 is 2.95 bits per heavy atom. The van der Waals surface area contributed by atoms with Gasteiger partial charge in [0.05, 0.1) is 11.5 Å². The van der Waals surface area contributed by atoms with E-state index in [9.17, 15) is 10.1 Å². The summed E-state index contributed by atoms with van der Waals surface area (Å²) in [6, 6.07) is 5.07. The molecule has 1 saturated heterocycles. The smallest absolute Gasteiger partial charge is 0.311 e. The van der Waals surface area contributed by atoms with Gasteiger partial charge in [-0.05, 0) is 44.8 Å². The van der Waals surface area contributed by atoms with Crippen LogP contribution in [0.1, 0.15) is 19.8 Å². The lowest BCUT2D eigenvalue weighted by Gasteiger charge is -2.29. The fourth-order valence-electron chi connectivity index (χ4n) is 2.73. The highest BCUT2D eigenvalue weighted by Gasteiger charge is 2.19. The predicted molar refractivity (Wildman–Crippen MR) is 83.1 cm³/mol. The van der Waals surface area contributed by atoms with Crippen LogP contribution in [0.5, 0.6) is 5.75 Å². The number of nitrogens with one attached hydrogen (secondary N) is 1. The summed E-state index contributed by atoms with van der Waals surface area (Å²) in [7, 11) is 2.02. The van der Waals surface area contributed by atoms with Crippen molar-refractivity contribution < 1.29 is 9.66 Å². The van der Waals surface area contributed by atoms with E-state index in [1.165, 1.54) is 18.9 Å². The Morgan fingerprint density at radius 1 is 1.52 bits per heavy atom. The van der Waals surface area contributed by atoms with E-state index in [-0.39, 0.29) is 5.69 Å². The van der Waals surface area contributed by atoms with Gasteiger partial charge >= 0.3 is 5.69 Å².